The van der Waals surface area contributed by atoms with Gasteiger partial charge in [0.2, 0.25) is 0 Å². The summed E-state index contributed by atoms with van der Waals surface area (Å²) in [6, 6.07) is -0.151. The van der Waals surface area contributed by atoms with Gasteiger partial charge in [-0.05, 0) is 12.8 Å². The minimum atomic E-state index is -3.27. The summed E-state index contributed by atoms with van der Waals surface area (Å²) in [6.07, 6.45) is 3.78. The maximum Gasteiger partial charge on any atom is 0.321 e. The van der Waals surface area contributed by atoms with Crippen LogP contribution in [0.2, 0.25) is 0 Å². The molecule has 2 nitrogen and oxygen atoms in total. The minimum Gasteiger partial charge on any atom is -0.347 e. The van der Waals surface area contributed by atoms with Crippen molar-refractivity contribution >= 4 is 21.8 Å². The smallest absolute Gasteiger partial charge is 0.321 e. The van der Waals surface area contributed by atoms with E-state index in [9.17, 15) is 13.6 Å². The Bertz CT molecular complexity index is 217. The van der Waals surface area contributed by atoms with Gasteiger partial charge >= 0.3 is 5.92 Å². The van der Waals surface area contributed by atoms with Crippen molar-refractivity contribution < 1.29 is 13.6 Å². The summed E-state index contributed by atoms with van der Waals surface area (Å²) in [7, 11) is 0. The number of hydrogen-bond donors (Lipinski definition) is 1. The zero-order chi connectivity index (χ0) is 10.8. The zero-order valence-electron chi connectivity index (χ0n) is 8.03. The molecule has 0 bridgehead atoms. The monoisotopic (exact) mass is 269 g/mol. The van der Waals surface area contributed by atoms with Gasteiger partial charge in [0.1, 0.15) is 0 Å². The molecule has 1 amide bonds. The summed E-state index contributed by atoms with van der Waals surface area (Å²) < 4.78 is 25.1. The molecule has 0 aromatic carbocycles. The molecule has 2 atom stereocenters. The van der Waals surface area contributed by atoms with Crippen LogP contribution in [-0.2, 0) is 4.79 Å². The lowest BCUT2D eigenvalue weighted by atomic mass is 9.95. The van der Waals surface area contributed by atoms with Crippen molar-refractivity contribution in [3.8, 4) is 0 Å². The van der Waals surface area contributed by atoms with Crippen LogP contribution >= 0.6 is 15.9 Å². The Labute approximate surface area is 90.6 Å². The number of nitrogens with one attached hydrogen (secondary N) is 1. The number of alkyl halides is 3. The van der Waals surface area contributed by atoms with E-state index in [1.54, 1.807) is 0 Å². The number of halogens is 3. The van der Waals surface area contributed by atoms with Crippen molar-refractivity contribution in [2.24, 2.45) is 0 Å². The van der Waals surface area contributed by atoms with E-state index in [0.29, 0.717) is 6.92 Å². The highest BCUT2D eigenvalue weighted by molar-refractivity contribution is 9.09. The quantitative estimate of drug-likeness (QED) is 0.767. The summed E-state index contributed by atoms with van der Waals surface area (Å²) in [5.41, 5.74) is 0. The summed E-state index contributed by atoms with van der Waals surface area (Å²) in [5, 5.41) is 2.37. The van der Waals surface area contributed by atoms with Crippen LogP contribution in [0.25, 0.3) is 0 Å². The Morgan fingerprint density at radius 3 is 2.50 bits per heavy atom. The summed E-state index contributed by atoms with van der Waals surface area (Å²) in [5.74, 6) is -4.45. The number of carbonyl (C=O) groups excluding carboxylic acids is 1. The molecule has 1 aliphatic carbocycles. The van der Waals surface area contributed by atoms with Gasteiger partial charge in [0, 0.05) is 17.8 Å². The topological polar surface area (TPSA) is 29.1 Å². The Morgan fingerprint density at radius 1 is 1.43 bits per heavy atom. The second-order valence-corrected chi connectivity index (χ2v) is 4.94. The van der Waals surface area contributed by atoms with E-state index >= 15 is 0 Å². The molecular weight excluding hydrogens is 256 g/mol. The first kappa shape index (κ1) is 11.9. The third-order valence-corrected chi connectivity index (χ3v) is 3.49. The van der Waals surface area contributed by atoms with Crippen LogP contribution in [0.15, 0.2) is 0 Å². The van der Waals surface area contributed by atoms with Crippen LogP contribution in [0.1, 0.15) is 32.6 Å². The first-order chi connectivity index (χ1) is 6.41. The van der Waals surface area contributed by atoms with Gasteiger partial charge in [-0.2, -0.15) is 8.78 Å². The van der Waals surface area contributed by atoms with E-state index < -0.39 is 11.8 Å². The first-order valence-corrected chi connectivity index (χ1v) is 5.65. The second-order valence-electron chi connectivity index (χ2n) is 3.77. The molecule has 2 unspecified atom stereocenters. The summed E-state index contributed by atoms with van der Waals surface area (Å²) in [4.78, 5) is 11.1. The van der Waals surface area contributed by atoms with Crippen molar-refractivity contribution in [2.75, 3.05) is 0 Å². The molecule has 0 heterocycles. The number of rotatable bonds is 2. The molecule has 1 saturated carbocycles. The Kier molecular flexibility index (Phi) is 3.86. The van der Waals surface area contributed by atoms with E-state index in [-0.39, 0.29) is 10.9 Å². The highest BCUT2D eigenvalue weighted by Crippen LogP contribution is 2.25. The molecule has 1 fully saturated rings. The van der Waals surface area contributed by atoms with Gasteiger partial charge < -0.3 is 5.32 Å². The van der Waals surface area contributed by atoms with Crippen molar-refractivity contribution in [1.29, 1.82) is 0 Å². The molecular formula is C9H14BrF2NO. The third-order valence-electron chi connectivity index (χ3n) is 2.40. The lowest BCUT2D eigenvalue weighted by Gasteiger charge is -2.29. The maximum absolute atomic E-state index is 12.6. The van der Waals surface area contributed by atoms with Gasteiger partial charge in [0.05, 0.1) is 0 Å². The van der Waals surface area contributed by atoms with Crippen molar-refractivity contribution in [1.82, 2.24) is 5.32 Å². The molecule has 0 saturated heterocycles. The Balaban J connectivity index is 2.46. The number of amides is 1. The van der Waals surface area contributed by atoms with E-state index in [1.807, 2.05) is 0 Å². The van der Waals surface area contributed by atoms with Gasteiger partial charge in [-0.15, -0.1) is 0 Å². The second kappa shape index (κ2) is 4.55. The fraction of sp³-hybridized carbons (Fsp3) is 0.889. The predicted octanol–water partition coefficient (Wildman–Crippen LogP) is 2.46. The average Bonchev–Trinajstić information content (AvgIpc) is 2.07. The van der Waals surface area contributed by atoms with Gasteiger partial charge in [0.25, 0.3) is 5.91 Å². The van der Waals surface area contributed by atoms with Gasteiger partial charge in [-0.25, -0.2) is 0 Å². The van der Waals surface area contributed by atoms with Crippen LogP contribution in [0.5, 0.6) is 0 Å². The molecule has 14 heavy (non-hydrogen) atoms. The molecule has 0 aromatic heterocycles. The van der Waals surface area contributed by atoms with Gasteiger partial charge in [0.15, 0.2) is 0 Å². The van der Waals surface area contributed by atoms with E-state index in [0.717, 1.165) is 25.7 Å². The summed E-state index contributed by atoms with van der Waals surface area (Å²) >= 11 is 3.39. The van der Waals surface area contributed by atoms with Crippen molar-refractivity contribution in [2.45, 2.75) is 49.4 Å². The first-order valence-electron chi connectivity index (χ1n) is 4.74. The van der Waals surface area contributed by atoms with E-state index in [2.05, 4.69) is 21.2 Å². The molecule has 0 radical (unpaired) electrons. The lowest BCUT2D eigenvalue weighted by Crippen LogP contribution is -2.48. The zero-order valence-corrected chi connectivity index (χ0v) is 9.61. The van der Waals surface area contributed by atoms with Crippen LogP contribution in [0, 0.1) is 0 Å². The SMILES string of the molecule is CC(F)(F)C(=O)NC1CCCCC1Br. The Hall–Kier alpha value is -0.190. The fourth-order valence-electron chi connectivity index (χ4n) is 1.54. The molecule has 1 rings (SSSR count). The van der Waals surface area contributed by atoms with Crippen LogP contribution < -0.4 is 5.32 Å². The molecule has 0 aliphatic heterocycles. The van der Waals surface area contributed by atoms with Crippen LogP contribution in [0.4, 0.5) is 8.78 Å². The van der Waals surface area contributed by atoms with E-state index in [4.69, 9.17) is 0 Å². The van der Waals surface area contributed by atoms with Crippen molar-refractivity contribution in [3.63, 3.8) is 0 Å². The largest absolute Gasteiger partial charge is 0.347 e. The standard InChI is InChI=1S/C9H14BrF2NO/c1-9(11,12)8(14)13-7-5-3-2-4-6(7)10/h6-7H,2-5H2,1H3,(H,13,14). The van der Waals surface area contributed by atoms with Crippen LogP contribution in [-0.4, -0.2) is 22.7 Å². The van der Waals surface area contributed by atoms with Crippen molar-refractivity contribution in [3.05, 3.63) is 0 Å². The maximum atomic E-state index is 12.6. The number of hydrogen-bond acceptors (Lipinski definition) is 1. The highest BCUT2D eigenvalue weighted by atomic mass is 79.9. The molecule has 5 heteroatoms. The molecule has 0 spiro atoms. The van der Waals surface area contributed by atoms with Gasteiger partial charge in [-0.3, -0.25) is 4.79 Å². The average molecular weight is 270 g/mol. The Morgan fingerprint density at radius 2 is 2.00 bits per heavy atom. The minimum absolute atomic E-state index is 0.127. The summed E-state index contributed by atoms with van der Waals surface area (Å²) in [6.45, 7) is 0.619. The highest BCUT2D eigenvalue weighted by Gasteiger charge is 2.35. The lowest BCUT2D eigenvalue weighted by molar-refractivity contribution is -0.144. The normalized spacial score (nSPS) is 28.6. The fourth-order valence-corrected chi connectivity index (χ4v) is 2.26. The molecule has 1 aliphatic rings. The molecule has 1 N–H and O–H groups in total. The molecule has 82 valence electrons. The van der Waals surface area contributed by atoms with Crippen LogP contribution in [0.3, 0.4) is 0 Å². The predicted molar refractivity (Wildman–Crippen MR) is 53.7 cm³/mol. The third kappa shape index (κ3) is 3.19. The van der Waals surface area contributed by atoms with E-state index in [1.165, 1.54) is 0 Å². The number of carbonyl (C=O) groups is 1. The molecule has 0 aromatic rings. The van der Waals surface area contributed by atoms with Gasteiger partial charge in [-0.1, -0.05) is 28.8 Å².